The van der Waals surface area contributed by atoms with Gasteiger partial charge in [0.2, 0.25) is 0 Å². The number of halogens is 2. The molecule has 1 N–H and O–H groups in total. The molecule has 20 heavy (non-hydrogen) atoms. The monoisotopic (exact) mass is 301 g/mol. The highest BCUT2D eigenvalue weighted by atomic mass is 35.5. The summed E-state index contributed by atoms with van der Waals surface area (Å²) in [7, 11) is 0. The van der Waals surface area contributed by atoms with E-state index in [4.69, 9.17) is 23.2 Å². The van der Waals surface area contributed by atoms with Gasteiger partial charge >= 0.3 is 0 Å². The molecule has 0 aliphatic heterocycles. The number of anilines is 1. The Morgan fingerprint density at radius 2 is 1.40 bits per heavy atom. The van der Waals surface area contributed by atoms with E-state index in [9.17, 15) is 0 Å². The van der Waals surface area contributed by atoms with Crippen LogP contribution in [0.25, 0.3) is 10.8 Å². The van der Waals surface area contributed by atoms with Gasteiger partial charge in [0.05, 0.1) is 0 Å². The Bertz CT molecular complexity index is 727. The lowest BCUT2D eigenvalue weighted by Gasteiger charge is -2.12. The van der Waals surface area contributed by atoms with Gasteiger partial charge < -0.3 is 5.32 Å². The predicted molar refractivity (Wildman–Crippen MR) is 87.7 cm³/mol. The smallest absolute Gasteiger partial charge is 0.0470 e. The zero-order valence-electron chi connectivity index (χ0n) is 10.7. The maximum absolute atomic E-state index is 6.19. The fraction of sp³-hybridized carbons (Fsp3) is 0.0588. The molecule has 0 heterocycles. The maximum atomic E-state index is 6.19. The molecule has 0 aliphatic carbocycles. The van der Waals surface area contributed by atoms with Gasteiger partial charge in [0.25, 0.3) is 0 Å². The Balaban J connectivity index is 1.91. The predicted octanol–water partition coefficient (Wildman–Crippen LogP) is 5.76. The second-order valence-electron chi connectivity index (χ2n) is 4.58. The Morgan fingerprint density at radius 1 is 0.750 bits per heavy atom. The first kappa shape index (κ1) is 13.3. The van der Waals surface area contributed by atoms with Crippen LogP contribution in [0.2, 0.25) is 10.0 Å². The van der Waals surface area contributed by atoms with Crippen LogP contribution in [0.15, 0.2) is 60.7 Å². The average Bonchev–Trinajstić information content (AvgIpc) is 2.47. The first-order valence-corrected chi connectivity index (χ1v) is 7.16. The first-order chi connectivity index (χ1) is 9.75. The van der Waals surface area contributed by atoms with E-state index in [1.54, 1.807) is 0 Å². The largest absolute Gasteiger partial charge is 0.380 e. The summed E-state index contributed by atoms with van der Waals surface area (Å²) in [4.78, 5) is 0. The Hall–Kier alpha value is -1.70. The summed E-state index contributed by atoms with van der Waals surface area (Å²) < 4.78 is 0. The summed E-state index contributed by atoms with van der Waals surface area (Å²) in [6.07, 6.45) is 0. The standard InChI is InChI=1S/C17H13Cl2N/c18-15-8-4-9-16(19)14(15)11-20-17-10-3-6-12-5-1-2-7-13(12)17/h1-10,20H,11H2. The molecule has 0 aliphatic rings. The third-order valence-electron chi connectivity index (χ3n) is 3.31. The Labute approximate surface area is 128 Å². The van der Waals surface area contributed by atoms with E-state index in [0.29, 0.717) is 16.6 Å². The van der Waals surface area contributed by atoms with Crippen molar-refractivity contribution in [2.45, 2.75) is 6.54 Å². The quantitative estimate of drug-likeness (QED) is 0.648. The second-order valence-corrected chi connectivity index (χ2v) is 5.39. The highest BCUT2D eigenvalue weighted by molar-refractivity contribution is 6.36. The van der Waals surface area contributed by atoms with Crippen LogP contribution in [-0.2, 0) is 6.54 Å². The number of rotatable bonds is 3. The average molecular weight is 302 g/mol. The molecule has 1 nitrogen and oxygen atoms in total. The summed E-state index contributed by atoms with van der Waals surface area (Å²) >= 11 is 12.4. The molecule has 0 fully saturated rings. The number of nitrogens with one attached hydrogen (secondary N) is 1. The van der Waals surface area contributed by atoms with Crippen LogP contribution in [0.4, 0.5) is 5.69 Å². The van der Waals surface area contributed by atoms with Crippen LogP contribution >= 0.6 is 23.2 Å². The van der Waals surface area contributed by atoms with Gasteiger partial charge in [-0.15, -0.1) is 0 Å². The molecule has 0 saturated carbocycles. The van der Waals surface area contributed by atoms with E-state index >= 15 is 0 Å². The number of hydrogen-bond acceptors (Lipinski definition) is 1. The minimum Gasteiger partial charge on any atom is -0.380 e. The van der Waals surface area contributed by atoms with Gasteiger partial charge in [-0.3, -0.25) is 0 Å². The van der Waals surface area contributed by atoms with Crippen LogP contribution in [-0.4, -0.2) is 0 Å². The third kappa shape index (κ3) is 2.60. The molecule has 0 spiro atoms. The van der Waals surface area contributed by atoms with Crippen LogP contribution in [0, 0.1) is 0 Å². The SMILES string of the molecule is Clc1cccc(Cl)c1CNc1cccc2ccccc12. The van der Waals surface area contributed by atoms with Crippen molar-refractivity contribution < 1.29 is 0 Å². The summed E-state index contributed by atoms with van der Waals surface area (Å²) in [5.74, 6) is 0. The third-order valence-corrected chi connectivity index (χ3v) is 4.02. The Morgan fingerprint density at radius 3 is 2.20 bits per heavy atom. The molecular weight excluding hydrogens is 289 g/mol. The molecule has 3 aromatic rings. The topological polar surface area (TPSA) is 12.0 Å². The summed E-state index contributed by atoms with van der Waals surface area (Å²) in [6, 6.07) is 20.0. The van der Waals surface area contributed by atoms with E-state index < -0.39 is 0 Å². The molecule has 0 amide bonds. The van der Waals surface area contributed by atoms with Crippen molar-refractivity contribution in [3.05, 3.63) is 76.3 Å². The van der Waals surface area contributed by atoms with E-state index in [1.165, 1.54) is 10.8 Å². The Kier molecular flexibility index (Phi) is 3.81. The fourth-order valence-corrected chi connectivity index (χ4v) is 2.80. The van der Waals surface area contributed by atoms with Gasteiger partial charge in [0, 0.05) is 33.2 Å². The first-order valence-electron chi connectivity index (χ1n) is 6.40. The summed E-state index contributed by atoms with van der Waals surface area (Å²) in [5.41, 5.74) is 2.00. The van der Waals surface area contributed by atoms with Gasteiger partial charge in [-0.05, 0) is 23.6 Å². The van der Waals surface area contributed by atoms with Gasteiger partial charge in [-0.1, -0.05) is 65.7 Å². The summed E-state index contributed by atoms with van der Waals surface area (Å²) in [5, 5.41) is 7.19. The van der Waals surface area contributed by atoms with E-state index in [1.807, 2.05) is 36.4 Å². The van der Waals surface area contributed by atoms with E-state index in [0.717, 1.165) is 11.3 Å². The molecule has 0 atom stereocenters. The van der Waals surface area contributed by atoms with E-state index in [2.05, 4.69) is 29.6 Å². The van der Waals surface area contributed by atoms with Crippen molar-refractivity contribution in [1.29, 1.82) is 0 Å². The molecule has 0 saturated heterocycles. The molecule has 3 heteroatoms. The van der Waals surface area contributed by atoms with Gasteiger partial charge in [-0.2, -0.15) is 0 Å². The highest BCUT2D eigenvalue weighted by Gasteiger charge is 2.06. The van der Waals surface area contributed by atoms with Gasteiger partial charge in [0.1, 0.15) is 0 Å². The highest BCUT2D eigenvalue weighted by Crippen LogP contribution is 2.27. The van der Waals surface area contributed by atoms with Crippen molar-refractivity contribution in [1.82, 2.24) is 0 Å². The van der Waals surface area contributed by atoms with Crippen molar-refractivity contribution in [3.63, 3.8) is 0 Å². The number of hydrogen-bond donors (Lipinski definition) is 1. The molecule has 0 radical (unpaired) electrons. The minimum atomic E-state index is 0.604. The van der Waals surface area contributed by atoms with Crippen LogP contribution < -0.4 is 5.32 Å². The lowest BCUT2D eigenvalue weighted by Crippen LogP contribution is -2.01. The maximum Gasteiger partial charge on any atom is 0.0470 e. The number of fused-ring (bicyclic) bond motifs is 1. The second kappa shape index (κ2) is 5.74. The molecule has 0 bridgehead atoms. The van der Waals surface area contributed by atoms with Gasteiger partial charge in [-0.25, -0.2) is 0 Å². The van der Waals surface area contributed by atoms with Crippen molar-refractivity contribution in [3.8, 4) is 0 Å². The van der Waals surface area contributed by atoms with Gasteiger partial charge in [0.15, 0.2) is 0 Å². The molecule has 0 unspecified atom stereocenters. The molecule has 3 rings (SSSR count). The molecule has 3 aromatic carbocycles. The minimum absolute atomic E-state index is 0.604. The van der Waals surface area contributed by atoms with E-state index in [-0.39, 0.29) is 0 Å². The fourth-order valence-electron chi connectivity index (χ4n) is 2.26. The zero-order valence-corrected chi connectivity index (χ0v) is 12.2. The molecule has 0 aromatic heterocycles. The van der Waals surface area contributed by atoms with Crippen LogP contribution in [0.5, 0.6) is 0 Å². The summed E-state index contributed by atoms with van der Waals surface area (Å²) in [6.45, 7) is 0.604. The van der Waals surface area contributed by atoms with Crippen molar-refractivity contribution >= 4 is 39.7 Å². The van der Waals surface area contributed by atoms with Crippen LogP contribution in [0.1, 0.15) is 5.56 Å². The van der Waals surface area contributed by atoms with Crippen molar-refractivity contribution in [2.24, 2.45) is 0 Å². The molecule has 100 valence electrons. The van der Waals surface area contributed by atoms with Crippen LogP contribution in [0.3, 0.4) is 0 Å². The lowest BCUT2D eigenvalue weighted by atomic mass is 10.1. The normalized spacial score (nSPS) is 10.7. The van der Waals surface area contributed by atoms with Crippen molar-refractivity contribution in [2.75, 3.05) is 5.32 Å². The zero-order chi connectivity index (χ0) is 13.9. The number of benzene rings is 3. The molecular formula is C17H13Cl2N. The lowest BCUT2D eigenvalue weighted by molar-refractivity contribution is 1.15.